The van der Waals surface area contributed by atoms with Gasteiger partial charge in [0.1, 0.15) is 11.8 Å². The van der Waals surface area contributed by atoms with Gasteiger partial charge in [-0.05, 0) is 19.1 Å². The van der Waals surface area contributed by atoms with Crippen molar-refractivity contribution >= 4 is 17.5 Å². The third-order valence-electron chi connectivity index (χ3n) is 2.79. The van der Waals surface area contributed by atoms with Gasteiger partial charge in [-0.15, -0.1) is 0 Å². The first-order chi connectivity index (χ1) is 9.00. The van der Waals surface area contributed by atoms with E-state index in [0.717, 1.165) is 4.90 Å². The molecule has 1 aliphatic heterocycles. The van der Waals surface area contributed by atoms with Crippen LogP contribution in [0.25, 0.3) is 0 Å². The molecule has 1 atom stereocenters. The van der Waals surface area contributed by atoms with Crippen LogP contribution in [0.4, 0.5) is 14.5 Å². The van der Waals surface area contributed by atoms with Crippen molar-refractivity contribution in [2.75, 3.05) is 11.4 Å². The Kier molecular flexibility index (Phi) is 3.64. The zero-order chi connectivity index (χ0) is 14.0. The molecule has 0 aliphatic carbocycles. The predicted octanol–water partition coefficient (Wildman–Crippen LogP) is 1.14. The molecule has 1 saturated heterocycles. The number of hydrogen-bond acceptors (Lipinski definition) is 3. The number of carbonyl (C=O) groups excluding carboxylic acids is 2. The van der Waals surface area contributed by atoms with E-state index in [1.165, 1.54) is 25.1 Å². The molecule has 0 bridgehead atoms. The van der Waals surface area contributed by atoms with Crippen LogP contribution in [0.2, 0.25) is 0 Å². The van der Waals surface area contributed by atoms with E-state index in [1.54, 1.807) is 6.07 Å². The van der Waals surface area contributed by atoms with Crippen molar-refractivity contribution in [3.63, 3.8) is 0 Å². The van der Waals surface area contributed by atoms with Crippen molar-refractivity contribution in [1.29, 1.82) is 0 Å². The summed E-state index contributed by atoms with van der Waals surface area (Å²) >= 11 is 0. The Hall–Kier alpha value is -2.18. The van der Waals surface area contributed by atoms with Crippen molar-refractivity contribution in [2.24, 2.45) is 0 Å². The van der Waals surface area contributed by atoms with Crippen molar-refractivity contribution in [3.8, 4) is 5.75 Å². The first-order valence-electron chi connectivity index (χ1n) is 5.64. The highest BCUT2D eigenvalue weighted by atomic mass is 19.3. The number of carbonyl (C=O) groups is 2. The van der Waals surface area contributed by atoms with E-state index < -0.39 is 12.7 Å². The highest BCUT2D eigenvalue weighted by Crippen LogP contribution is 2.31. The quantitative estimate of drug-likeness (QED) is 0.896. The van der Waals surface area contributed by atoms with Crippen LogP contribution in [0.1, 0.15) is 6.92 Å². The average molecular weight is 270 g/mol. The first-order valence-corrected chi connectivity index (χ1v) is 5.64. The fourth-order valence-corrected chi connectivity index (χ4v) is 1.92. The van der Waals surface area contributed by atoms with Gasteiger partial charge in [0, 0.05) is 0 Å². The Morgan fingerprint density at radius 3 is 2.74 bits per heavy atom. The van der Waals surface area contributed by atoms with Gasteiger partial charge < -0.3 is 10.1 Å². The number of halogens is 2. The maximum Gasteiger partial charge on any atom is 0.387 e. The molecule has 2 amide bonds. The van der Waals surface area contributed by atoms with Gasteiger partial charge in [0.15, 0.2) is 0 Å². The highest BCUT2D eigenvalue weighted by molar-refractivity contribution is 6.07. The molecule has 7 heteroatoms. The number of anilines is 1. The number of para-hydroxylation sites is 2. The van der Waals surface area contributed by atoms with Crippen LogP contribution in [0.5, 0.6) is 5.75 Å². The van der Waals surface area contributed by atoms with Crippen LogP contribution in [-0.2, 0) is 9.59 Å². The maximum atomic E-state index is 12.3. The Morgan fingerprint density at radius 1 is 1.37 bits per heavy atom. The number of ether oxygens (including phenoxy) is 1. The number of piperazine rings is 1. The minimum atomic E-state index is -3.00. The monoisotopic (exact) mass is 270 g/mol. The summed E-state index contributed by atoms with van der Waals surface area (Å²) in [5, 5.41) is 2.42. The van der Waals surface area contributed by atoms with Gasteiger partial charge in [0.05, 0.1) is 12.2 Å². The number of nitrogens with zero attached hydrogens (tertiary/aromatic N) is 1. The summed E-state index contributed by atoms with van der Waals surface area (Å²) in [6, 6.07) is 5.11. The molecule has 2 rings (SSSR count). The number of nitrogens with one attached hydrogen (secondary N) is 1. The van der Waals surface area contributed by atoms with Crippen LogP contribution in [0.3, 0.4) is 0 Å². The normalized spacial score (nSPS) is 19.6. The van der Waals surface area contributed by atoms with E-state index >= 15 is 0 Å². The van der Waals surface area contributed by atoms with E-state index in [1.807, 2.05) is 0 Å². The second-order valence-corrected chi connectivity index (χ2v) is 4.00. The molecule has 1 aromatic rings. The highest BCUT2D eigenvalue weighted by Gasteiger charge is 2.33. The summed E-state index contributed by atoms with van der Waals surface area (Å²) in [5.74, 6) is -0.851. The van der Waals surface area contributed by atoms with Gasteiger partial charge in [0.25, 0.3) is 0 Å². The predicted molar refractivity (Wildman–Crippen MR) is 63.0 cm³/mol. The lowest BCUT2D eigenvalue weighted by molar-refractivity contribution is -0.130. The molecule has 0 saturated carbocycles. The zero-order valence-corrected chi connectivity index (χ0v) is 10.1. The molecule has 1 heterocycles. The molecule has 5 nitrogen and oxygen atoms in total. The second-order valence-electron chi connectivity index (χ2n) is 4.00. The molecular formula is C12H12F2N2O3. The van der Waals surface area contributed by atoms with E-state index in [4.69, 9.17) is 0 Å². The number of rotatable bonds is 3. The van der Waals surface area contributed by atoms with Gasteiger partial charge in [-0.2, -0.15) is 8.78 Å². The van der Waals surface area contributed by atoms with E-state index in [-0.39, 0.29) is 29.8 Å². The summed E-state index contributed by atoms with van der Waals surface area (Å²) in [7, 11) is 0. The number of hydrogen-bond donors (Lipinski definition) is 1. The smallest absolute Gasteiger partial charge is 0.387 e. The number of amides is 2. The lowest BCUT2D eigenvalue weighted by Crippen LogP contribution is -2.57. The number of alkyl halides is 2. The van der Waals surface area contributed by atoms with E-state index in [2.05, 4.69) is 10.1 Å². The Morgan fingerprint density at radius 2 is 2.05 bits per heavy atom. The molecule has 0 radical (unpaired) electrons. The fraction of sp³-hybridized carbons (Fsp3) is 0.333. The standard InChI is InChI=1S/C12H12F2N2O3/c1-7-11(18)15-6-10(17)16(7)8-4-2-3-5-9(8)19-12(13)14/h2-5,7,12H,6H2,1H3,(H,15,18). The molecule has 0 aromatic heterocycles. The van der Waals surface area contributed by atoms with Gasteiger partial charge in [-0.25, -0.2) is 0 Å². The SMILES string of the molecule is CC1C(=O)NCC(=O)N1c1ccccc1OC(F)F. The van der Waals surface area contributed by atoms with Crippen LogP contribution in [-0.4, -0.2) is 31.0 Å². The number of benzene rings is 1. The lowest BCUT2D eigenvalue weighted by atomic mass is 10.1. The minimum Gasteiger partial charge on any atom is -0.433 e. The van der Waals surface area contributed by atoms with E-state index in [0.29, 0.717) is 0 Å². The fourth-order valence-electron chi connectivity index (χ4n) is 1.92. The molecule has 1 N–H and O–H groups in total. The largest absolute Gasteiger partial charge is 0.433 e. The van der Waals surface area contributed by atoms with Crippen molar-refractivity contribution < 1.29 is 23.1 Å². The van der Waals surface area contributed by atoms with Crippen molar-refractivity contribution in [3.05, 3.63) is 24.3 Å². The minimum absolute atomic E-state index is 0.132. The lowest BCUT2D eigenvalue weighted by Gasteiger charge is -2.33. The third kappa shape index (κ3) is 2.64. The Labute approximate surface area is 108 Å². The summed E-state index contributed by atoms with van der Waals surface area (Å²) in [4.78, 5) is 24.6. The van der Waals surface area contributed by atoms with Gasteiger partial charge in [0.2, 0.25) is 11.8 Å². The second kappa shape index (κ2) is 5.21. The Bertz CT molecular complexity index is 508. The molecule has 1 fully saturated rings. The molecular weight excluding hydrogens is 258 g/mol. The van der Waals surface area contributed by atoms with Crippen molar-refractivity contribution in [1.82, 2.24) is 5.32 Å². The van der Waals surface area contributed by atoms with Gasteiger partial charge >= 0.3 is 6.61 Å². The molecule has 1 unspecified atom stereocenters. The van der Waals surface area contributed by atoms with Crippen LogP contribution < -0.4 is 15.0 Å². The van der Waals surface area contributed by atoms with Crippen LogP contribution >= 0.6 is 0 Å². The van der Waals surface area contributed by atoms with Crippen LogP contribution in [0, 0.1) is 0 Å². The van der Waals surface area contributed by atoms with Crippen LogP contribution in [0.15, 0.2) is 24.3 Å². The molecule has 102 valence electrons. The molecule has 19 heavy (non-hydrogen) atoms. The summed E-state index contributed by atoms with van der Waals surface area (Å²) < 4.78 is 29.0. The van der Waals surface area contributed by atoms with Gasteiger partial charge in [-0.3, -0.25) is 14.5 Å². The topological polar surface area (TPSA) is 58.6 Å². The summed E-state index contributed by atoms with van der Waals surface area (Å²) in [6.07, 6.45) is 0. The Balaban J connectivity index is 2.39. The van der Waals surface area contributed by atoms with Gasteiger partial charge in [-0.1, -0.05) is 12.1 Å². The molecule has 0 spiro atoms. The summed E-state index contributed by atoms with van der Waals surface area (Å²) in [6.45, 7) is -1.64. The third-order valence-corrected chi connectivity index (χ3v) is 2.79. The van der Waals surface area contributed by atoms with Crippen molar-refractivity contribution in [2.45, 2.75) is 19.6 Å². The molecule has 1 aromatic carbocycles. The maximum absolute atomic E-state index is 12.3. The molecule has 1 aliphatic rings. The zero-order valence-electron chi connectivity index (χ0n) is 10.1. The average Bonchev–Trinajstić information content (AvgIpc) is 2.36. The van der Waals surface area contributed by atoms with E-state index in [9.17, 15) is 18.4 Å². The summed E-state index contributed by atoms with van der Waals surface area (Å²) in [5.41, 5.74) is 0.162. The first kappa shape index (κ1) is 13.3.